The van der Waals surface area contributed by atoms with Gasteiger partial charge in [0.2, 0.25) is 0 Å². The summed E-state index contributed by atoms with van der Waals surface area (Å²) in [6.07, 6.45) is 5.62. The molecule has 1 aliphatic heterocycles. The van der Waals surface area contributed by atoms with Crippen LogP contribution < -0.4 is 0 Å². The quantitative estimate of drug-likeness (QED) is 0.839. The summed E-state index contributed by atoms with van der Waals surface area (Å²) >= 11 is 0. The van der Waals surface area contributed by atoms with Crippen LogP contribution in [0, 0.1) is 17.7 Å². The van der Waals surface area contributed by atoms with E-state index >= 15 is 0 Å². The number of carbonyl (C=O) groups excluding carboxylic acids is 1. The highest BCUT2D eigenvalue weighted by Crippen LogP contribution is 2.46. The van der Waals surface area contributed by atoms with E-state index in [0.29, 0.717) is 5.56 Å². The Labute approximate surface area is 131 Å². The molecular weight excluding hydrogens is 279 g/mol. The van der Waals surface area contributed by atoms with Crippen LogP contribution in [0.5, 0.6) is 0 Å². The summed E-state index contributed by atoms with van der Waals surface area (Å²) < 4.78 is 13.3. The maximum absolute atomic E-state index is 13.3. The van der Waals surface area contributed by atoms with Gasteiger partial charge in [-0.1, -0.05) is 12.5 Å². The smallest absolute Gasteiger partial charge is 0.254 e. The van der Waals surface area contributed by atoms with E-state index in [1.54, 1.807) is 12.1 Å². The lowest BCUT2D eigenvalue weighted by atomic mass is 9.93. The first-order valence-corrected chi connectivity index (χ1v) is 8.49. The van der Waals surface area contributed by atoms with Crippen LogP contribution in [0.15, 0.2) is 24.3 Å². The van der Waals surface area contributed by atoms with E-state index in [2.05, 4.69) is 4.90 Å². The van der Waals surface area contributed by atoms with Crippen LogP contribution in [0.25, 0.3) is 0 Å². The van der Waals surface area contributed by atoms with E-state index in [1.807, 2.05) is 4.90 Å². The van der Waals surface area contributed by atoms with Gasteiger partial charge in [-0.3, -0.25) is 9.69 Å². The maximum Gasteiger partial charge on any atom is 0.254 e. The van der Waals surface area contributed by atoms with Gasteiger partial charge >= 0.3 is 0 Å². The summed E-state index contributed by atoms with van der Waals surface area (Å²) in [7, 11) is 0. The Morgan fingerprint density at radius 2 is 1.91 bits per heavy atom. The molecule has 2 bridgehead atoms. The second kappa shape index (κ2) is 5.65. The third-order valence-corrected chi connectivity index (χ3v) is 5.84. The molecule has 0 spiro atoms. The van der Waals surface area contributed by atoms with Gasteiger partial charge in [-0.25, -0.2) is 4.39 Å². The summed E-state index contributed by atoms with van der Waals surface area (Å²) in [4.78, 5) is 16.9. The van der Waals surface area contributed by atoms with Gasteiger partial charge in [0.05, 0.1) is 0 Å². The molecule has 2 saturated carbocycles. The molecule has 3 nitrogen and oxygen atoms in total. The predicted octanol–water partition coefficient (Wildman–Crippen LogP) is 2.77. The molecule has 3 unspecified atom stereocenters. The Morgan fingerprint density at radius 1 is 1.09 bits per heavy atom. The molecule has 4 heteroatoms. The van der Waals surface area contributed by atoms with Crippen LogP contribution in [0.4, 0.5) is 4.39 Å². The number of piperazine rings is 1. The number of carbonyl (C=O) groups is 1. The van der Waals surface area contributed by atoms with Gasteiger partial charge in [0.1, 0.15) is 5.82 Å². The fourth-order valence-electron chi connectivity index (χ4n) is 4.72. The van der Waals surface area contributed by atoms with Gasteiger partial charge in [0, 0.05) is 37.8 Å². The molecule has 118 valence electrons. The highest BCUT2D eigenvalue weighted by Gasteiger charge is 2.42. The average molecular weight is 302 g/mol. The Balaban J connectivity index is 1.36. The van der Waals surface area contributed by atoms with Crippen molar-refractivity contribution in [3.8, 4) is 0 Å². The van der Waals surface area contributed by atoms with Crippen LogP contribution >= 0.6 is 0 Å². The third kappa shape index (κ3) is 2.54. The van der Waals surface area contributed by atoms with Crippen molar-refractivity contribution in [1.82, 2.24) is 9.80 Å². The molecule has 2 aliphatic carbocycles. The van der Waals surface area contributed by atoms with Crippen molar-refractivity contribution in [2.45, 2.75) is 31.7 Å². The Kier molecular flexibility index (Phi) is 3.65. The van der Waals surface area contributed by atoms with E-state index in [4.69, 9.17) is 0 Å². The van der Waals surface area contributed by atoms with Gasteiger partial charge in [-0.05, 0) is 49.3 Å². The lowest BCUT2D eigenvalue weighted by molar-refractivity contribution is 0.0495. The minimum Gasteiger partial charge on any atom is -0.336 e. The molecule has 3 atom stereocenters. The fourth-order valence-corrected chi connectivity index (χ4v) is 4.72. The van der Waals surface area contributed by atoms with Crippen LogP contribution in [0.3, 0.4) is 0 Å². The molecule has 1 aromatic rings. The monoisotopic (exact) mass is 302 g/mol. The van der Waals surface area contributed by atoms with Crippen LogP contribution in [0.1, 0.15) is 36.0 Å². The summed E-state index contributed by atoms with van der Waals surface area (Å²) in [5, 5.41) is 0. The zero-order valence-corrected chi connectivity index (χ0v) is 12.9. The van der Waals surface area contributed by atoms with Gasteiger partial charge in [0.15, 0.2) is 0 Å². The summed E-state index contributed by atoms with van der Waals surface area (Å²) in [6, 6.07) is 6.78. The number of nitrogens with zero attached hydrogens (tertiary/aromatic N) is 2. The lowest BCUT2D eigenvalue weighted by Gasteiger charge is -2.41. The van der Waals surface area contributed by atoms with Crippen LogP contribution in [-0.4, -0.2) is 47.9 Å². The first-order chi connectivity index (χ1) is 10.7. The number of hydrogen-bond acceptors (Lipinski definition) is 2. The van der Waals surface area contributed by atoms with Gasteiger partial charge in [-0.15, -0.1) is 0 Å². The van der Waals surface area contributed by atoms with Crippen molar-refractivity contribution in [1.29, 1.82) is 0 Å². The van der Waals surface area contributed by atoms with E-state index in [9.17, 15) is 9.18 Å². The van der Waals surface area contributed by atoms with E-state index in [0.717, 1.165) is 44.1 Å². The lowest BCUT2D eigenvalue weighted by Crippen LogP contribution is -2.53. The topological polar surface area (TPSA) is 23.6 Å². The summed E-state index contributed by atoms with van der Waals surface area (Å²) in [6.45, 7) is 3.47. The molecule has 0 N–H and O–H groups in total. The molecule has 3 aliphatic rings. The second-order valence-corrected chi connectivity index (χ2v) is 7.08. The Morgan fingerprint density at radius 3 is 2.55 bits per heavy atom. The van der Waals surface area contributed by atoms with E-state index in [1.165, 1.54) is 37.8 Å². The normalized spacial score (nSPS) is 31.7. The summed E-state index contributed by atoms with van der Waals surface area (Å²) in [5.74, 6) is 1.48. The molecule has 1 heterocycles. The number of rotatable bonds is 2. The van der Waals surface area contributed by atoms with Crippen molar-refractivity contribution in [3.63, 3.8) is 0 Å². The zero-order chi connectivity index (χ0) is 15.1. The Bertz CT molecular complexity index is 568. The number of halogens is 1. The first-order valence-electron chi connectivity index (χ1n) is 8.49. The standard InChI is InChI=1S/C18H23FN2O/c19-16-3-1-2-15(12-16)18(22)21-8-6-20(7-9-21)17-11-13-4-5-14(17)10-13/h1-3,12-14,17H,4-11H2. The van der Waals surface area contributed by atoms with Crippen molar-refractivity contribution >= 4 is 5.91 Å². The molecule has 0 radical (unpaired) electrons. The molecule has 1 aromatic carbocycles. The average Bonchev–Trinajstić information content (AvgIpc) is 3.17. The van der Waals surface area contributed by atoms with Crippen molar-refractivity contribution < 1.29 is 9.18 Å². The molecule has 3 fully saturated rings. The number of benzene rings is 1. The maximum atomic E-state index is 13.3. The SMILES string of the molecule is O=C(c1cccc(F)c1)N1CCN(C2CC3CCC2C3)CC1. The van der Waals surface area contributed by atoms with Gasteiger partial charge in [0.25, 0.3) is 5.91 Å². The molecular formula is C18H23FN2O. The third-order valence-electron chi connectivity index (χ3n) is 5.84. The van der Waals surface area contributed by atoms with Gasteiger partial charge < -0.3 is 4.90 Å². The van der Waals surface area contributed by atoms with Crippen LogP contribution in [-0.2, 0) is 0 Å². The first kappa shape index (κ1) is 14.2. The van der Waals surface area contributed by atoms with Crippen LogP contribution in [0.2, 0.25) is 0 Å². The minimum absolute atomic E-state index is 0.0351. The highest BCUT2D eigenvalue weighted by molar-refractivity contribution is 5.94. The molecule has 4 rings (SSSR count). The zero-order valence-electron chi connectivity index (χ0n) is 12.9. The van der Waals surface area contributed by atoms with E-state index in [-0.39, 0.29) is 11.7 Å². The fraction of sp³-hybridized carbons (Fsp3) is 0.611. The van der Waals surface area contributed by atoms with Crippen molar-refractivity contribution in [3.05, 3.63) is 35.6 Å². The van der Waals surface area contributed by atoms with Crippen molar-refractivity contribution in [2.24, 2.45) is 11.8 Å². The van der Waals surface area contributed by atoms with Crippen molar-refractivity contribution in [2.75, 3.05) is 26.2 Å². The van der Waals surface area contributed by atoms with E-state index < -0.39 is 0 Å². The molecule has 1 saturated heterocycles. The second-order valence-electron chi connectivity index (χ2n) is 7.08. The number of hydrogen-bond donors (Lipinski definition) is 0. The summed E-state index contributed by atoms with van der Waals surface area (Å²) in [5.41, 5.74) is 0.466. The predicted molar refractivity (Wildman–Crippen MR) is 83.1 cm³/mol. The number of amides is 1. The highest BCUT2D eigenvalue weighted by atomic mass is 19.1. The Hall–Kier alpha value is -1.42. The molecule has 0 aromatic heterocycles. The largest absolute Gasteiger partial charge is 0.336 e. The molecule has 1 amide bonds. The number of fused-ring (bicyclic) bond motifs is 2. The minimum atomic E-state index is -0.341. The molecule has 22 heavy (non-hydrogen) atoms. The van der Waals surface area contributed by atoms with Gasteiger partial charge in [-0.2, -0.15) is 0 Å².